The van der Waals surface area contributed by atoms with Gasteiger partial charge in [-0.05, 0) is 41.0 Å². The number of pyridine rings is 1. The largest absolute Gasteiger partial charge is 0.392 e. The summed E-state index contributed by atoms with van der Waals surface area (Å²) < 4.78 is 13.3. The molecule has 1 aromatic heterocycles. The molecular formula is C36H40N4O4. The SMILES string of the molecule is CC1C(CN2CCN(Cc3ccccc3)CC2)OC(c2ccc(NC(=O)c3cccnc3)cc2)OC1c1ccc(CO)cc1. The number of amides is 1. The number of aliphatic hydroxyl groups is 1. The van der Waals surface area contributed by atoms with Crippen LogP contribution in [0.2, 0.25) is 0 Å². The molecule has 228 valence electrons. The van der Waals surface area contributed by atoms with Crippen molar-refractivity contribution in [1.29, 1.82) is 0 Å². The monoisotopic (exact) mass is 592 g/mol. The van der Waals surface area contributed by atoms with E-state index in [1.54, 1.807) is 24.5 Å². The third-order valence-electron chi connectivity index (χ3n) is 8.64. The van der Waals surface area contributed by atoms with E-state index < -0.39 is 6.29 Å². The van der Waals surface area contributed by atoms with E-state index in [4.69, 9.17) is 9.47 Å². The number of carbonyl (C=O) groups excluding carboxylic acids is 1. The number of ether oxygens (including phenoxy) is 2. The minimum atomic E-state index is -0.554. The Labute approximate surface area is 259 Å². The van der Waals surface area contributed by atoms with E-state index in [0.717, 1.165) is 56.0 Å². The van der Waals surface area contributed by atoms with Gasteiger partial charge in [-0.25, -0.2) is 0 Å². The van der Waals surface area contributed by atoms with Gasteiger partial charge in [0.2, 0.25) is 0 Å². The zero-order valence-corrected chi connectivity index (χ0v) is 25.1. The molecule has 2 saturated heterocycles. The summed E-state index contributed by atoms with van der Waals surface area (Å²) in [4.78, 5) is 21.7. The Morgan fingerprint density at radius 3 is 2.23 bits per heavy atom. The van der Waals surface area contributed by atoms with E-state index in [1.165, 1.54) is 5.56 Å². The molecule has 0 radical (unpaired) electrons. The first-order valence-corrected chi connectivity index (χ1v) is 15.4. The smallest absolute Gasteiger partial charge is 0.257 e. The van der Waals surface area contributed by atoms with Crippen LogP contribution in [0, 0.1) is 5.92 Å². The molecule has 4 unspecified atom stereocenters. The number of aliphatic hydroxyl groups excluding tert-OH is 1. The topological polar surface area (TPSA) is 87.2 Å². The molecule has 0 bridgehead atoms. The predicted octanol–water partition coefficient (Wildman–Crippen LogP) is 5.44. The zero-order valence-electron chi connectivity index (χ0n) is 25.1. The lowest BCUT2D eigenvalue weighted by Crippen LogP contribution is -2.51. The number of hydrogen-bond donors (Lipinski definition) is 2. The maximum Gasteiger partial charge on any atom is 0.257 e. The molecule has 2 fully saturated rings. The van der Waals surface area contributed by atoms with Crippen LogP contribution >= 0.6 is 0 Å². The molecular weight excluding hydrogens is 552 g/mol. The Morgan fingerprint density at radius 2 is 1.55 bits per heavy atom. The molecule has 44 heavy (non-hydrogen) atoms. The second-order valence-corrected chi connectivity index (χ2v) is 11.7. The standard InChI is InChI=1S/C36H40N4O4/c1-26-33(24-40-20-18-39(19-21-40)23-27-6-3-2-4-7-27)43-36(44-34(26)29-11-9-28(25-41)10-12-29)30-13-15-32(16-14-30)38-35(42)31-8-5-17-37-22-31/h2-17,22,26,33-34,36,41H,18-21,23-25H2,1H3,(H,38,42). The van der Waals surface area contributed by atoms with Crippen LogP contribution in [-0.2, 0) is 22.6 Å². The summed E-state index contributed by atoms with van der Waals surface area (Å²) in [6.45, 7) is 8.04. The molecule has 4 atom stereocenters. The highest BCUT2D eigenvalue weighted by Gasteiger charge is 2.39. The Morgan fingerprint density at radius 1 is 0.841 bits per heavy atom. The van der Waals surface area contributed by atoms with Crippen LogP contribution in [0.3, 0.4) is 0 Å². The summed E-state index contributed by atoms with van der Waals surface area (Å²) in [7, 11) is 0. The molecule has 3 heterocycles. The molecule has 0 saturated carbocycles. The Balaban J connectivity index is 1.14. The van der Waals surface area contributed by atoms with Crippen molar-refractivity contribution in [3.05, 3.63) is 131 Å². The number of nitrogens with one attached hydrogen (secondary N) is 1. The van der Waals surface area contributed by atoms with Crippen LogP contribution in [0.4, 0.5) is 5.69 Å². The summed E-state index contributed by atoms with van der Waals surface area (Å²) in [5.74, 6) is -0.0909. The van der Waals surface area contributed by atoms with Gasteiger partial charge in [-0.3, -0.25) is 19.6 Å². The fourth-order valence-corrected chi connectivity index (χ4v) is 5.98. The number of benzene rings is 3. The van der Waals surface area contributed by atoms with Crippen molar-refractivity contribution in [3.63, 3.8) is 0 Å². The lowest BCUT2D eigenvalue weighted by Gasteiger charge is -2.44. The molecule has 4 aromatic rings. The number of rotatable bonds is 9. The summed E-state index contributed by atoms with van der Waals surface area (Å²) in [6, 6.07) is 29.8. The Hall–Kier alpha value is -3.92. The first-order chi connectivity index (χ1) is 21.6. The molecule has 0 aliphatic carbocycles. The third kappa shape index (κ3) is 7.41. The Bertz CT molecular complexity index is 1480. The van der Waals surface area contributed by atoms with Gasteiger partial charge < -0.3 is 19.9 Å². The number of carbonyl (C=O) groups is 1. The van der Waals surface area contributed by atoms with Crippen LogP contribution in [0.1, 0.15) is 51.9 Å². The van der Waals surface area contributed by atoms with Crippen molar-refractivity contribution in [2.24, 2.45) is 5.92 Å². The van der Waals surface area contributed by atoms with Crippen LogP contribution in [0.25, 0.3) is 0 Å². The average Bonchev–Trinajstić information content (AvgIpc) is 3.08. The first-order valence-electron chi connectivity index (χ1n) is 15.4. The van der Waals surface area contributed by atoms with Crippen LogP contribution in [0.15, 0.2) is 103 Å². The predicted molar refractivity (Wildman–Crippen MR) is 170 cm³/mol. The van der Waals surface area contributed by atoms with E-state index in [9.17, 15) is 9.90 Å². The van der Waals surface area contributed by atoms with Crippen LogP contribution in [-0.4, -0.2) is 64.6 Å². The first kappa shape index (κ1) is 30.1. The van der Waals surface area contributed by atoms with Gasteiger partial charge in [0, 0.05) is 68.8 Å². The van der Waals surface area contributed by atoms with Gasteiger partial charge in [-0.1, -0.05) is 73.7 Å². The van der Waals surface area contributed by atoms with E-state index in [1.807, 2.05) is 48.5 Å². The van der Waals surface area contributed by atoms with E-state index in [2.05, 4.69) is 57.4 Å². The fraction of sp³-hybridized carbons (Fsp3) is 0.333. The van der Waals surface area contributed by atoms with Gasteiger partial charge in [0.05, 0.1) is 24.4 Å². The summed E-state index contributed by atoms with van der Waals surface area (Å²) in [5, 5.41) is 12.5. The molecule has 2 N–H and O–H groups in total. The lowest BCUT2D eigenvalue weighted by molar-refractivity contribution is -0.276. The van der Waals surface area contributed by atoms with Crippen molar-refractivity contribution in [3.8, 4) is 0 Å². The highest BCUT2D eigenvalue weighted by Crippen LogP contribution is 2.42. The molecule has 2 aliphatic heterocycles. The number of hydrogen-bond acceptors (Lipinski definition) is 7. The molecule has 0 spiro atoms. The second-order valence-electron chi connectivity index (χ2n) is 11.7. The molecule has 8 nitrogen and oxygen atoms in total. The quantitative estimate of drug-likeness (QED) is 0.268. The number of nitrogens with zero attached hydrogens (tertiary/aromatic N) is 3. The molecule has 2 aliphatic rings. The summed E-state index contributed by atoms with van der Waals surface area (Å²) in [6.07, 6.45) is 2.42. The lowest BCUT2D eigenvalue weighted by atomic mass is 9.90. The molecule has 6 rings (SSSR count). The summed E-state index contributed by atoms with van der Waals surface area (Å²) in [5.41, 5.74) is 5.38. The van der Waals surface area contributed by atoms with Crippen molar-refractivity contribution in [2.45, 2.75) is 38.6 Å². The van der Waals surface area contributed by atoms with Gasteiger partial charge in [0.15, 0.2) is 6.29 Å². The third-order valence-corrected chi connectivity index (χ3v) is 8.64. The number of anilines is 1. The number of aromatic nitrogens is 1. The summed E-state index contributed by atoms with van der Waals surface area (Å²) >= 11 is 0. The zero-order chi connectivity index (χ0) is 30.3. The van der Waals surface area contributed by atoms with E-state index in [-0.39, 0.29) is 30.6 Å². The van der Waals surface area contributed by atoms with Crippen molar-refractivity contribution >= 4 is 11.6 Å². The fourth-order valence-electron chi connectivity index (χ4n) is 5.98. The van der Waals surface area contributed by atoms with Crippen LogP contribution in [0.5, 0.6) is 0 Å². The van der Waals surface area contributed by atoms with Gasteiger partial charge in [0.1, 0.15) is 0 Å². The molecule has 1 amide bonds. The maximum atomic E-state index is 12.6. The van der Waals surface area contributed by atoms with Crippen LogP contribution < -0.4 is 5.32 Å². The van der Waals surface area contributed by atoms with Crippen molar-refractivity contribution in [1.82, 2.24) is 14.8 Å². The minimum Gasteiger partial charge on any atom is -0.392 e. The highest BCUT2D eigenvalue weighted by molar-refractivity contribution is 6.04. The molecule has 3 aromatic carbocycles. The maximum absolute atomic E-state index is 12.6. The minimum absolute atomic E-state index is 0.00956. The van der Waals surface area contributed by atoms with E-state index >= 15 is 0 Å². The van der Waals surface area contributed by atoms with Crippen molar-refractivity contribution in [2.75, 3.05) is 38.0 Å². The average molecular weight is 593 g/mol. The highest BCUT2D eigenvalue weighted by atomic mass is 16.7. The van der Waals surface area contributed by atoms with Gasteiger partial charge in [0.25, 0.3) is 5.91 Å². The van der Waals surface area contributed by atoms with Gasteiger partial charge >= 0.3 is 0 Å². The van der Waals surface area contributed by atoms with E-state index in [0.29, 0.717) is 11.3 Å². The Kier molecular flexibility index (Phi) is 9.75. The number of piperazine rings is 1. The van der Waals surface area contributed by atoms with Crippen molar-refractivity contribution < 1.29 is 19.4 Å². The normalized spacial score (nSPS) is 22.9. The van der Waals surface area contributed by atoms with Gasteiger partial charge in [-0.2, -0.15) is 0 Å². The van der Waals surface area contributed by atoms with Gasteiger partial charge in [-0.15, -0.1) is 0 Å². The second kappa shape index (κ2) is 14.2. The molecule has 8 heteroatoms.